The summed E-state index contributed by atoms with van der Waals surface area (Å²) in [6.07, 6.45) is 4.25. The average molecular weight is 292 g/mol. The summed E-state index contributed by atoms with van der Waals surface area (Å²) in [7, 11) is 5.66. The van der Waals surface area contributed by atoms with E-state index in [1.54, 1.807) is 14.2 Å². The van der Waals surface area contributed by atoms with Crippen molar-refractivity contribution in [1.29, 1.82) is 0 Å². The molecule has 4 heteroatoms. The van der Waals surface area contributed by atoms with Gasteiger partial charge in [0.15, 0.2) is 0 Å². The zero-order valence-corrected chi connectivity index (χ0v) is 13.5. The van der Waals surface area contributed by atoms with Gasteiger partial charge in [0.25, 0.3) is 0 Å². The molecular weight excluding hydrogens is 264 g/mol. The van der Waals surface area contributed by atoms with Crippen molar-refractivity contribution in [3.63, 3.8) is 0 Å². The number of methoxy groups -OCH3 is 2. The average Bonchev–Trinajstić information content (AvgIpc) is 2.53. The molecule has 0 heterocycles. The lowest BCUT2D eigenvalue weighted by atomic mass is 9.76. The van der Waals surface area contributed by atoms with Crippen LogP contribution in [0, 0.1) is 0 Å². The summed E-state index contributed by atoms with van der Waals surface area (Å²) in [5.74, 6) is 0.934. The van der Waals surface area contributed by atoms with Gasteiger partial charge in [0.1, 0.15) is 5.75 Å². The molecule has 21 heavy (non-hydrogen) atoms. The number of benzene rings is 1. The van der Waals surface area contributed by atoms with Crippen LogP contribution in [0.4, 0.5) is 0 Å². The van der Waals surface area contributed by atoms with Crippen LogP contribution in [-0.2, 0) is 17.6 Å². The highest BCUT2D eigenvalue weighted by atomic mass is 16.5. The second-order valence-corrected chi connectivity index (χ2v) is 6.01. The Morgan fingerprint density at radius 1 is 1.29 bits per heavy atom. The zero-order chi connectivity index (χ0) is 15.3. The largest absolute Gasteiger partial charge is 0.497 e. The van der Waals surface area contributed by atoms with Crippen molar-refractivity contribution in [2.24, 2.45) is 5.73 Å². The zero-order valence-electron chi connectivity index (χ0n) is 13.5. The number of aryl methyl sites for hydroxylation is 1. The molecule has 0 amide bonds. The van der Waals surface area contributed by atoms with E-state index in [-0.39, 0.29) is 5.54 Å². The lowest BCUT2D eigenvalue weighted by Crippen LogP contribution is -2.55. The first-order valence-electron chi connectivity index (χ1n) is 7.71. The van der Waals surface area contributed by atoms with Gasteiger partial charge < -0.3 is 15.2 Å². The normalized spacial score (nSPS) is 21.4. The van der Waals surface area contributed by atoms with E-state index in [2.05, 4.69) is 30.1 Å². The summed E-state index contributed by atoms with van der Waals surface area (Å²) in [6.45, 7) is 2.51. The molecule has 1 aliphatic carbocycles. The molecule has 2 N–H and O–H groups in total. The van der Waals surface area contributed by atoms with E-state index in [0.717, 1.165) is 44.6 Å². The van der Waals surface area contributed by atoms with E-state index in [1.807, 2.05) is 0 Å². The van der Waals surface area contributed by atoms with Crippen LogP contribution >= 0.6 is 0 Å². The Bertz CT molecular complexity index is 464. The SMILES string of the molecule is COCCCN(C)C1(CN)CCc2ccc(OC)cc2C1. The van der Waals surface area contributed by atoms with Crippen LogP contribution in [-0.4, -0.2) is 51.4 Å². The van der Waals surface area contributed by atoms with E-state index in [1.165, 1.54) is 11.1 Å². The standard InChI is InChI=1S/C17H28N2O2/c1-19(9-4-10-20-2)17(13-18)8-7-14-5-6-16(21-3)11-15(14)12-17/h5-6,11H,4,7-10,12-13,18H2,1-3H3. The van der Waals surface area contributed by atoms with Gasteiger partial charge in [-0.05, 0) is 56.0 Å². The molecule has 2 rings (SSSR count). The fraction of sp³-hybridized carbons (Fsp3) is 0.647. The number of ether oxygens (including phenoxy) is 2. The summed E-state index contributed by atoms with van der Waals surface area (Å²) in [5, 5.41) is 0. The molecule has 1 aliphatic rings. The summed E-state index contributed by atoms with van der Waals surface area (Å²) < 4.78 is 10.5. The van der Waals surface area contributed by atoms with Crippen molar-refractivity contribution in [3.8, 4) is 5.75 Å². The van der Waals surface area contributed by atoms with Crippen LogP contribution in [0.25, 0.3) is 0 Å². The summed E-state index contributed by atoms with van der Waals surface area (Å²) >= 11 is 0. The Morgan fingerprint density at radius 3 is 2.76 bits per heavy atom. The summed E-state index contributed by atoms with van der Waals surface area (Å²) in [4.78, 5) is 2.43. The van der Waals surface area contributed by atoms with Gasteiger partial charge in [-0.3, -0.25) is 4.90 Å². The second-order valence-electron chi connectivity index (χ2n) is 6.01. The van der Waals surface area contributed by atoms with Crippen molar-refractivity contribution in [2.75, 3.05) is 41.0 Å². The minimum Gasteiger partial charge on any atom is -0.497 e. The third-order valence-corrected chi connectivity index (χ3v) is 4.82. The molecule has 1 aromatic carbocycles. The number of hydrogen-bond acceptors (Lipinski definition) is 4. The number of hydrogen-bond donors (Lipinski definition) is 1. The van der Waals surface area contributed by atoms with E-state index >= 15 is 0 Å². The van der Waals surface area contributed by atoms with E-state index in [0.29, 0.717) is 6.54 Å². The van der Waals surface area contributed by atoms with Crippen molar-refractivity contribution in [3.05, 3.63) is 29.3 Å². The maximum absolute atomic E-state index is 6.17. The van der Waals surface area contributed by atoms with Gasteiger partial charge in [-0.25, -0.2) is 0 Å². The maximum Gasteiger partial charge on any atom is 0.119 e. The third-order valence-electron chi connectivity index (χ3n) is 4.82. The van der Waals surface area contributed by atoms with Crippen LogP contribution in [0.2, 0.25) is 0 Å². The molecule has 0 aromatic heterocycles. The van der Waals surface area contributed by atoms with Crippen LogP contribution in [0.3, 0.4) is 0 Å². The third kappa shape index (κ3) is 3.57. The van der Waals surface area contributed by atoms with Gasteiger partial charge in [0.05, 0.1) is 7.11 Å². The molecular formula is C17H28N2O2. The molecule has 0 aliphatic heterocycles. The topological polar surface area (TPSA) is 47.7 Å². The molecule has 1 aromatic rings. The number of nitrogens with two attached hydrogens (primary N) is 1. The van der Waals surface area contributed by atoms with Gasteiger partial charge in [-0.2, -0.15) is 0 Å². The molecule has 0 saturated carbocycles. The predicted octanol–water partition coefficient (Wildman–Crippen LogP) is 1.85. The van der Waals surface area contributed by atoms with Crippen LogP contribution in [0.1, 0.15) is 24.0 Å². The molecule has 4 nitrogen and oxygen atoms in total. The molecule has 1 atom stereocenters. The highest BCUT2D eigenvalue weighted by Crippen LogP contribution is 2.34. The first-order chi connectivity index (χ1) is 10.1. The van der Waals surface area contributed by atoms with E-state index in [9.17, 15) is 0 Å². The minimum absolute atomic E-state index is 0.0626. The Balaban J connectivity index is 2.14. The highest BCUT2D eigenvalue weighted by Gasteiger charge is 2.36. The lowest BCUT2D eigenvalue weighted by Gasteiger charge is -2.44. The van der Waals surface area contributed by atoms with Crippen molar-refractivity contribution in [2.45, 2.75) is 31.2 Å². The first kappa shape index (κ1) is 16.3. The van der Waals surface area contributed by atoms with E-state index < -0.39 is 0 Å². The molecule has 118 valence electrons. The second kappa shape index (κ2) is 7.25. The number of fused-ring (bicyclic) bond motifs is 1. The summed E-state index contributed by atoms with van der Waals surface area (Å²) in [5.41, 5.74) is 9.04. The Hall–Kier alpha value is -1.10. The van der Waals surface area contributed by atoms with Crippen LogP contribution < -0.4 is 10.5 Å². The fourth-order valence-corrected chi connectivity index (χ4v) is 3.29. The van der Waals surface area contributed by atoms with Crippen molar-refractivity contribution >= 4 is 0 Å². The number of rotatable bonds is 7. The Labute approximate surface area is 128 Å². The van der Waals surface area contributed by atoms with Crippen LogP contribution in [0.15, 0.2) is 18.2 Å². The Kier molecular flexibility index (Phi) is 5.62. The van der Waals surface area contributed by atoms with Crippen molar-refractivity contribution in [1.82, 2.24) is 4.90 Å². The van der Waals surface area contributed by atoms with E-state index in [4.69, 9.17) is 15.2 Å². The maximum atomic E-state index is 6.17. The van der Waals surface area contributed by atoms with Gasteiger partial charge in [-0.1, -0.05) is 6.07 Å². The number of nitrogens with zero attached hydrogens (tertiary/aromatic N) is 1. The van der Waals surface area contributed by atoms with Gasteiger partial charge in [0, 0.05) is 32.3 Å². The van der Waals surface area contributed by atoms with Gasteiger partial charge >= 0.3 is 0 Å². The first-order valence-corrected chi connectivity index (χ1v) is 7.71. The molecule has 0 saturated heterocycles. The predicted molar refractivity (Wildman–Crippen MR) is 85.9 cm³/mol. The molecule has 0 fully saturated rings. The molecule has 1 unspecified atom stereocenters. The van der Waals surface area contributed by atoms with Crippen molar-refractivity contribution < 1.29 is 9.47 Å². The number of likely N-dealkylation sites (N-methyl/N-ethyl adjacent to an activating group) is 1. The lowest BCUT2D eigenvalue weighted by molar-refractivity contribution is 0.0933. The quantitative estimate of drug-likeness (QED) is 0.779. The monoisotopic (exact) mass is 292 g/mol. The molecule has 0 spiro atoms. The highest BCUT2D eigenvalue weighted by molar-refractivity contribution is 5.39. The Morgan fingerprint density at radius 2 is 2.10 bits per heavy atom. The van der Waals surface area contributed by atoms with Gasteiger partial charge in [-0.15, -0.1) is 0 Å². The minimum atomic E-state index is 0.0626. The van der Waals surface area contributed by atoms with Gasteiger partial charge in [0.2, 0.25) is 0 Å². The van der Waals surface area contributed by atoms with Crippen LogP contribution in [0.5, 0.6) is 5.75 Å². The molecule has 0 bridgehead atoms. The smallest absolute Gasteiger partial charge is 0.119 e. The summed E-state index contributed by atoms with van der Waals surface area (Å²) in [6, 6.07) is 6.41. The fourth-order valence-electron chi connectivity index (χ4n) is 3.29. The molecule has 0 radical (unpaired) electrons.